The molecule has 0 fully saturated rings. The highest BCUT2D eigenvalue weighted by Crippen LogP contribution is 2.36. The van der Waals surface area contributed by atoms with Crippen LogP contribution in [0.1, 0.15) is 33.3 Å². The van der Waals surface area contributed by atoms with Crippen LogP contribution in [0.2, 0.25) is 10.3 Å². The van der Waals surface area contributed by atoms with Crippen molar-refractivity contribution < 1.29 is 17.9 Å². The second-order valence-corrected chi connectivity index (χ2v) is 10.0. The van der Waals surface area contributed by atoms with Crippen molar-refractivity contribution in [2.45, 2.75) is 50.8 Å². The number of sulfonamides is 1. The first-order valence-corrected chi connectivity index (χ1v) is 10.7. The number of hydrogen-bond acceptors (Lipinski definition) is 6. The molecule has 1 atom stereocenters. The summed E-state index contributed by atoms with van der Waals surface area (Å²) in [6, 6.07) is 3.91. The molecule has 2 aromatic rings. The second-order valence-electron chi connectivity index (χ2n) is 7.42. The molecule has 2 heterocycles. The summed E-state index contributed by atoms with van der Waals surface area (Å²) in [4.78, 5) is 20.4. The maximum atomic E-state index is 13.1. The largest absolute Gasteiger partial charge is 0.459 e. The molecule has 1 aliphatic heterocycles. The molecule has 28 heavy (non-hydrogen) atoms. The Morgan fingerprint density at radius 2 is 1.96 bits per heavy atom. The number of nitrogens with zero attached hydrogens (tertiary/aromatic N) is 3. The van der Waals surface area contributed by atoms with Gasteiger partial charge in [-0.2, -0.15) is 4.31 Å². The number of halogens is 2. The van der Waals surface area contributed by atoms with Gasteiger partial charge in [-0.3, -0.25) is 4.79 Å². The van der Waals surface area contributed by atoms with E-state index in [1.165, 1.54) is 19.2 Å². The van der Waals surface area contributed by atoms with Crippen LogP contribution in [0.25, 0.3) is 11.3 Å². The van der Waals surface area contributed by atoms with Crippen LogP contribution in [0.5, 0.6) is 0 Å². The monoisotopic (exact) mass is 443 g/mol. The van der Waals surface area contributed by atoms with Gasteiger partial charge in [0, 0.05) is 12.1 Å². The van der Waals surface area contributed by atoms with Crippen molar-refractivity contribution in [3.05, 3.63) is 40.3 Å². The lowest BCUT2D eigenvalue weighted by Gasteiger charge is -2.26. The highest BCUT2D eigenvalue weighted by atomic mass is 35.5. The van der Waals surface area contributed by atoms with Crippen molar-refractivity contribution in [2.75, 3.05) is 0 Å². The van der Waals surface area contributed by atoms with Gasteiger partial charge in [0.25, 0.3) is 0 Å². The van der Waals surface area contributed by atoms with Crippen molar-refractivity contribution in [3.8, 4) is 11.3 Å². The summed E-state index contributed by atoms with van der Waals surface area (Å²) < 4.78 is 32.6. The van der Waals surface area contributed by atoms with E-state index in [9.17, 15) is 13.2 Å². The number of esters is 1. The summed E-state index contributed by atoms with van der Waals surface area (Å²) in [5.74, 6) is -0.602. The lowest BCUT2D eigenvalue weighted by Crippen LogP contribution is -2.42. The maximum Gasteiger partial charge on any atom is 0.324 e. The van der Waals surface area contributed by atoms with Gasteiger partial charge in [-0.1, -0.05) is 23.7 Å². The Hall–Kier alpha value is -1.74. The van der Waals surface area contributed by atoms with Gasteiger partial charge in [0.15, 0.2) is 0 Å². The van der Waals surface area contributed by atoms with E-state index < -0.39 is 27.6 Å². The Bertz CT molecular complexity index is 1050. The van der Waals surface area contributed by atoms with Crippen LogP contribution >= 0.6 is 23.2 Å². The average molecular weight is 444 g/mol. The fraction of sp³-hybridized carbons (Fsp3) is 0.389. The van der Waals surface area contributed by atoms with E-state index in [1.807, 2.05) is 0 Å². The SMILES string of the molecule is C[C@H](C(=O)OC(C)(C)C)N1Cc2ccc(-c3nc(Cl)ncc3Cl)cc2S1(=O)=O. The lowest BCUT2D eigenvalue weighted by atomic mass is 10.1. The molecule has 10 heteroatoms. The third kappa shape index (κ3) is 4.00. The number of fused-ring (bicyclic) bond motifs is 1. The van der Waals surface area contributed by atoms with E-state index in [-0.39, 0.29) is 21.7 Å². The second kappa shape index (κ2) is 7.26. The van der Waals surface area contributed by atoms with Gasteiger partial charge < -0.3 is 4.74 Å². The maximum absolute atomic E-state index is 13.1. The molecular weight excluding hydrogens is 425 g/mol. The van der Waals surface area contributed by atoms with Crippen molar-refractivity contribution in [1.82, 2.24) is 14.3 Å². The van der Waals surface area contributed by atoms with Gasteiger partial charge in [0.1, 0.15) is 11.6 Å². The molecule has 1 aliphatic rings. The molecule has 0 unspecified atom stereocenters. The zero-order chi connectivity index (χ0) is 20.9. The molecule has 0 saturated heterocycles. The number of rotatable bonds is 3. The van der Waals surface area contributed by atoms with E-state index >= 15 is 0 Å². The van der Waals surface area contributed by atoms with Crippen LogP contribution in [0.15, 0.2) is 29.3 Å². The van der Waals surface area contributed by atoms with Crippen LogP contribution < -0.4 is 0 Å². The smallest absolute Gasteiger partial charge is 0.324 e. The molecule has 7 nitrogen and oxygen atoms in total. The van der Waals surface area contributed by atoms with E-state index in [0.717, 1.165) is 4.31 Å². The van der Waals surface area contributed by atoms with Crippen molar-refractivity contribution in [1.29, 1.82) is 0 Å². The summed E-state index contributed by atoms with van der Waals surface area (Å²) in [6.45, 7) is 6.78. The zero-order valence-corrected chi connectivity index (χ0v) is 18.1. The van der Waals surface area contributed by atoms with E-state index in [4.69, 9.17) is 27.9 Å². The van der Waals surface area contributed by atoms with Crippen LogP contribution in [-0.2, 0) is 26.1 Å². The minimum atomic E-state index is -3.89. The van der Waals surface area contributed by atoms with Crippen molar-refractivity contribution in [3.63, 3.8) is 0 Å². The minimum absolute atomic E-state index is 0.00271. The first kappa shape index (κ1) is 21.0. The lowest BCUT2D eigenvalue weighted by molar-refractivity contribution is -0.159. The highest BCUT2D eigenvalue weighted by Gasteiger charge is 2.41. The Labute approximate surface area is 173 Å². The van der Waals surface area contributed by atoms with Crippen LogP contribution in [0.3, 0.4) is 0 Å². The standard InChI is InChI=1S/C18H19Cl2N3O4S/c1-10(16(24)27-18(2,3)4)23-9-12-6-5-11(7-14(12)28(23,25)26)15-13(19)8-21-17(20)22-15/h5-8,10H,9H2,1-4H3/t10-/m1/s1. The molecule has 0 spiro atoms. The molecular formula is C18H19Cl2N3O4S. The molecule has 1 aromatic carbocycles. The number of benzene rings is 1. The molecule has 1 aromatic heterocycles. The topological polar surface area (TPSA) is 89.5 Å². The number of aromatic nitrogens is 2. The van der Waals surface area contributed by atoms with E-state index in [1.54, 1.807) is 32.9 Å². The number of ether oxygens (including phenoxy) is 1. The summed E-state index contributed by atoms with van der Waals surface area (Å²) >= 11 is 12.0. The first-order valence-electron chi connectivity index (χ1n) is 8.46. The quantitative estimate of drug-likeness (QED) is 0.530. The van der Waals surface area contributed by atoms with Crippen LogP contribution in [-0.4, -0.2) is 40.3 Å². The van der Waals surface area contributed by atoms with Crippen LogP contribution in [0.4, 0.5) is 0 Å². The molecule has 0 aliphatic carbocycles. The average Bonchev–Trinajstić information content (AvgIpc) is 2.85. The Balaban J connectivity index is 1.97. The molecule has 3 rings (SSSR count). The molecule has 0 radical (unpaired) electrons. The fourth-order valence-corrected chi connectivity index (χ4v) is 4.99. The number of hydrogen-bond donors (Lipinski definition) is 0. The van der Waals surface area contributed by atoms with Crippen molar-refractivity contribution in [2.24, 2.45) is 0 Å². The van der Waals surface area contributed by atoms with Gasteiger partial charge in [-0.15, -0.1) is 0 Å². The van der Waals surface area contributed by atoms with Gasteiger partial charge in [0.2, 0.25) is 15.3 Å². The zero-order valence-electron chi connectivity index (χ0n) is 15.7. The summed E-state index contributed by atoms with van der Waals surface area (Å²) in [7, 11) is -3.89. The van der Waals surface area contributed by atoms with Crippen LogP contribution in [0, 0.1) is 0 Å². The third-order valence-corrected chi connectivity index (χ3v) is 6.61. The third-order valence-electron chi connectivity index (χ3n) is 4.15. The molecule has 0 N–H and O–H groups in total. The molecule has 0 saturated carbocycles. The number of carbonyl (C=O) groups excluding carboxylic acids is 1. The highest BCUT2D eigenvalue weighted by molar-refractivity contribution is 7.89. The van der Waals surface area contributed by atoms with E-state index in [0.29, 0.717) is 16.8 Å². The number of carbonyl (C=O) groups is 1. The van der Waals surface area contributed by atoms with E-state index in [2.05, 4.69) is 9.97 Å². The fourth-order valence-electron chi connectivity index (χ4n) is 2.85. The molecule has 150 valence electrons. The Morgan fingerprint density at radius 3 is 2.61 bits per heavy atom. The Morgan fingerprint density at radius 1 is 1.29 bits per heavy atom. The predicted octanol–water partition coefficient (Wildman–Crippen LogP) is 3.68. The first-order chi connectivity index (χ1) is 12.9. The predicted molar refractivity (Wildman–Crippen MR) is 106 cm³/mol. The van der Waals surface area contributed by atoms with Gasteiger partial charge in [-0.25, -0.2) is 18.4 Å². The van der Waals surface area contributed by atoms with Gasteiger partial charge in [0.05, 0.1) is 21.8 Å². The molecule has 0 amide bonds. The molecule has 0 bridgehead atoms. The van der Waals surface area contributed by atoms with Crippen molar-refractivity contribution >= 4 is 39.2 Å². The summed E-state index contributed by atoms with van der Waals surface area (Å²) in [5, 5.41) is 0.252. The summed E-state index contributed by atoms with van der Waals surface area (Å²) in [6.07, 6.45) is 1.35. The van der Waals surface area contributed by atoms with Gasteiger partial charge >= 0.3 is 5.97 Å². The Kier molecular flexibility index (Phi) is 5.44. The normalized spacial score (nSPS) is 17.2. The minimum Gasteiger partial charge on any atom is -0.459 e. The van der Waals surface area contributed by atoms with Gasteiger partial charge in [-0.05, 0) is 50.9 Å². The summed E-state index contributed by atoms with van der Waals surface area (Å²) in [5.41, 5.74) is 0.690.